The van der Waals surface area contributed by atoms with Gasteiger partial charge in [-0.05, 0) is 18.1 Å². The molecule has 0 amide bonds. The minimum atomic E-state index is -0.880. The fourth-order valence-electron chi connectivity index (χ4n) is 3.61. The number of ether oxygens (including phenoxy) is 3. The molecule has 0 radical (unpaired) electrons. The molecule has 0 fully saturated rings. The molecule has 2 aromatic rings. The molecule has 0 aliphatic heterocycles. The fraction of sp³-hybridized carbons (Fsp3) is 0.480. The average Bonchev–Trinajstić information content (AvgIpc) is 2.78. The van der Waals surface area contributed by atoms with Crippen molar-refractivity contribution in [1.29, 1.82) is 0 Å². The summed E-state index contributed by atoms with van der Waals surface area (Å²) >= 11 is 0. The van der Waals surface area contributed by atoms with Crippen LogP contribution in [0.4, 0.5) is 0 Å². The van der Waals surface area contributed by atoms with E-state index in [1.54, 1.807) is 6.92 Å². The highest BCUT2D eigenvalue weighted by atomic mass is 16.5. The number of aliphatic hydroxyl groups excluding tert-OH is 1. The largest absolute Gasteiger partial charge is 0.469 e. The second kappa shape index (κ2) is 12.5. The summed E-state index contributed by atoms with van der Waals surface area (Å²) < 4.78 is 17.0. The Balaban J connectivity index is 2.03. The Morgan fingerprint density at radius 2 is 1.43 bits per heavy atom. The molecular weight excluding hydrogens is 380 g/mol. The van der Waals surface area contributed by atoms with E-state index < -0.39 is 18.0 Å². The van der Waals surface area contributed by atoms with Gasteiger partial charge in [-0.25, -0.2) is 0 Å². The van der Waals surface area contributed by atoms with Crippen LogP contribution >= 0.6 is 0 Å². The first-order valence-corrected chi connectivity index (χ1v) is 10.5. The molecule has 2 rings (SSSR count). The summed E-state index contributed by atoms with van der Waals surface area (Å²) in [4.78, 5) is 11.9. The molecule has 0 aliphatic carbocycles. The Hall–Kier alpha value is -2.21. The summed E-state index contributed by atoms with van der Waals surface area (Å²) in [6.07, 6.45) is -1.17. The van der Waals surface area contributed by atoms with Crippen LogP contribution in [0.15, 0.2) is 60.7 Å². The summed E-state index contributed by atoms with van der Waals surface area (Å²) in [7, 11) is 1.33. The maximum atomic E-state index is 11.9. The standard InChI is InChI=1S/C25H34O5/c1-18(15-29-16-21-11-7-5-8-12-21)24(30-17-22-13-9-6-10-14-22)19(2)23(26)20(3)25(27)28-4/h5-14,18-20,23-24,26H,15-17H2,1-4H3/t18-,19-,20-,23-,24+/m0/s1. The van der Waals surface area contributed by atoms with E-state index in [0.29, 0.717) is 19.8 Å². The molecule has 0 heterocycles. The summed E-state index contributed by atoms with van der Waals surface area (Å²) in [6.45, 7) is 7.07. The predicted octanol–water partition coefficient (Wildman–Crippen LogP) is 4.23. The highest BCUT2D eigenvalue weighted by molar-refractivity contribution is 5.72. The molecule has 0 aliphatic rings. The first kappa shape index (κ1) is 24.1. The summed E-state index contributed by atoms with van der Waals surface area (Å²) in [5.41, 5.74) is 2.17. The van der Waals surface area contributed by atoms with Gasteiger partial charge in [0.15, 0.2) is 0 Å². The van der Waals surface area contributed by atoms with Gasteiger partial charge >= 0.3 is 5.97 Å². The van der Waals surface area contributed by atoms with E-state index in [1.807, 2.05) is 74.5 Å². The van der Waals surface area contributed by atoms with Crippen LogP contribution in [0.5, 0.6) is 0 Å². The average molecular weight is 415 g/mol. The van der Waals surface area contributed by atoms with Crippen molar-refractivity contribution in [2.24, 2.45) is 17.8 Å². The Morgan fingerprint density at radius 3 is 1.97 bits per heavy atom. The van der Waals surface area contributed by atoms with Crippen molar-refractivity contribution < 1.29 is 24.1 Å². The van der Waals surface area contributed by atoms with Crippen molar-refractivity contribution in [2.45, 2.75) is 46.2 Å². The molecule has 0 saturated carbocycles. The van der Waals surface area contributed by atoms with E-state index in [1.165, 1.54) is 7.11 Å². The molecule has 0 aromatic heterocycles. The van der Waals surface area contributed by atoms with Crippen molar-refractivity contribution in [3.8, 4) is 0 Å². The lowest BCUT2D eigenvalue weighted by atomic mass is 9.84. The minimum absolute atomic E-state index is 0.0203. The van der Waals surface area contributed by atoms with Crippen molar-refractivity contribution in [3.63, 3.8) is 0 Å². The Morgan fingerprint density at radius 1 is 0.900 bits per heavy atom. The zero-order chi connectivity index (χ0) is 21.9. The van der Waals surface area contributed by atoms with Crippen LogP contribution in [-0.2, 0) is 32.2 Å². The van der Waals surface area contributed by atoms with Crippen LogP contribution in [0.2, 0.25) is 0 Å². The quantitative estimate of drug-likeness (QED) is 0.527. The molecule has 30 heavy (non-hydrogen) atoms. The Kier molecular flexibility index (Phi) is 10.0. The number of aliphatic hydroxyl groups is 1. The molecular formula is C25H34O5. The van der Waals surface area contributed by atoms with Gasteiger partial charge in [0.25, 0.3) is 0 Å². The maximum Gasteiger partial charge on any atom is 0.311 e. The third kappa shape index (κ3) is 7.24. The molecule has 0 unspecified atom stereocenters. The van der Waals surface area contributed by atoms with Crippen molar-refractivity contribution in [3.05, 3.63) is 71.8 Å². The zero-order valence-corrected chi connectivity index (χ0v) is 18.4. The second-order valence-corrected chi connectivity index (χ2v) is 7.90. The number of esters is 1. The lowest BCUT2D eigenvalue weighted by Gasteiger charge is -2.34. The first-order chi connectivity index (χ1) is 14.4. The van der Waals surface area contributed by atoms with Crippen LogP contribution in [0.25, 0.3) is 0 Å². The normalized spacial score (nSPS) is 16.3. The molecule has 5 nitrogen and oxygen atoms in total. The monoisotopic (exact) mass is 414 g/mol. The molecule has 2 aromatic carbocycles. The second-order valence-electron chi connectivity index (χ2n) is 7.90. The number of rotatable bonds is 12. The van der Waals surface area contributed by atoms with E-state index in [9.17, 15) is 9.90 Å². The molecule has 0 bridgehead atoms. The number of carbonyl (C=O) groups is 1. The van der Waals surface area contributed by atoms with E-state index >= 15 is 0 Å². The van der Waals surface area contributed by atoms with Crippen LogP contribution < -0.4 is 0 Å². The lowest BCUT2D eigenvalue weighted by Crippen LogP contribution is -2.42. The molecule has 1 N–H and O–H groups in total. The Bertz CT molecular complexity index is 734. The number of benzene rings is 2. The first-order valence-electron chi connectivity index (χ1n) is 10.5. The number of hydrogen-bond acceptors (Lipinski definition) is 5. The molecule has 5 heteroatoms. The van der Waals surface area contributed by atoms with Gasteiger partial charge < -0.3 is 19.3 Å². The van der Waals surface area contributed by atoms with Gasteiger partial charge in [0, 0.05) is 11.8 Å². The third-order valence-electron chi connectivity index (χ3n) is 5.48. The van der Waals surface area contributed by atoms with Gasteiger partial charge in [0.1, 0.15) is 0 Å². The molecule has 0 spiro atoms. The maximum absolute atomic E-state index is 11.9. The van der Waals surface area contributed by atoms with Gasteiger partial charge in [-0.3, -0.25) is 4.79 Å². The number of carbonyl (C=O) groups excluding carboxylic acids is 1. The minimum Gasteiger partial charge on any atom is -0.469 e. The van der Waals surface area contributed by atoms with E-state index in [4.69, 9.17) is 14.2 Å². The topological polar surface area (TPSA) is 65.0 Å². The van der Waals surface area contributed by atoms with E-state index in [2.05, 4.69) is 0 Å². The smallest absolute Gasteiger partial charge is 0.311 e. The lowest BCUT2D eigenvalue weighted by molar-refractivity contribution is -0.153. The van der Waals surface area contributed by atoms with Gasteiger partial charge in [-0.15, -0.1) is 0 Å². The van der Waals surface area contributed by atoms with Crippen LogP contribution in [0.3, 0.4) is 0 Å². The van der Waals surface area contributed by atoms with Gasteiger partial charge in [0.2, 0.25) is 0 Å². The number of methoxy groups -OCH3 is 1. The predicted molar refractivity (Wildman–Crippen MR) is 117 cm³/mol. The summed E-state index contributed by atoms with van der Waals surface area (Å²) in [5, 5.41) is 10.8. The highest BCUT2D eigenvalue weighted by Gasteiger charge is 2.35. The van der Waals surface area contributed by atoms with Crippen LogP contribution in [0, 0.1) is 17.8 Å². The SMILES string of the molecule is COC(=O)[C@@H](C)[C@@H](O)[C@H](C)[C@H](OCc1ccccc1)[C@@H](C)COCc1ccccc1. The van der Waals surface area contributed by atoms with Gasteiger partial charge in [0.05, 0.1) is 45.1 Å². The van der Waals surface area contributed by atoms with Crippen molar-refractivity contribution >= 4 is 5.97 Å². The van der Waals surface area contributed by atoms with Crippen LogP contribution in [0.1, 0.15) is 31.9 Å². The zero-order valence-electron chi connectivity index (χ0n) is 18.4. The number of hydrogen-bond donors (Lipinski definition) is 1. The summed E-state index contributed by atoms with van der Waals surface area (Å²) in [5.74, 6) is -1.32. The fourth-order valence-corrected chi connectivity index (χ4v) is 3.61. The highest BCUT2D eigenvalue weighted by Crippen LogP contribution is 2.26. The molecule has 164 valence electrons. The van der Waals surface area contributed by atoms with Gasteiger partial charge in [-0.1, -0.05) is 74.5 Å². The Labute approximate surface area is 180 Å². The molecule has 0 saturated heterocycles. The van der Waals surface area contributed by atoms with Gasteiger partial charge in [-0.2, -0.15) is 0 Å². The van der Waals surface area contributed by atoms with E-state index in [0.717, 1.165) is 11.1 Å². The molecule has 5 atom stereocenters. The van der Waals surface area contributed by atoms with E-state index in [-0.39, 0.29) is 17.9 Å². The van der Waals surface area contributed by atoms with Crippen LogP contribution in [-0.4, -0.2) is 37.0 Å². The summed E-state index contributed by atoms with van der Waals surface area (Å²) in [6, 6.07) is 19.9. The third-order valence-corrected chi connectivity index (χ3v) is 5.48. The van der Waals surface area contributed by atoms with Crippen molar-refractivity contribution in [1.82, 2.24) is 0 Å². The van der Waals surface area contributed by atoms with Crippen molar-refractivity contribution in [2.75, 3.05) is 13.7 Å².